The van der Waals surface area contributed by atoms with Gasteiger partial charge >= 0.3 is 0 Å². The Bertz CT molecular complexity index is 421. The Balaban J connectivity index is 2.89. The van der Waals surface area contributed by atoms with Crippen molar-refractivity contribution >= 4 is 5.91 Å². The molecule has 0 saturated heterocycles. The number of halogens is 1. The normalized spacial score (nSPS) is 11.4. The highest BCUT2D eigenvalue weighted by molar-refractivity contribution is 5.94. The highest BCUT2D eigenvalue weighted by Gasteiger charge is 2.20. The van der Waals surface area contributed by atoms with Gasteiger partial charge in [0.1, 0.15) is 5.82 Å². The molecule has 0 radical (unpaired) electrons. The van der Waals surface area contributed by atoms with Crippen molar-refractivity contribution in [1.29, 1.82) is 0 Å². The first-order valence-electron chi connectivity index (χ1n) is 5.72. The van der Waals surface area contributed by atoms with Crippen LogP contribution in [0, 0.1) is 18.2 Å². The number of carbonyl (C=O) groups excluding carboxylic acids is 1. The summed E-state index contributed by atoms with van der Waals surface area (Å²) < 4.78 is 13.6. The van der Waals surface area contributed by atoms with Crippen LogP contribution >= 0.6 is 0 Å². The third-order valence-electron chi connectivity index (χ3n) is 2.41. The molecule has 0 aliphatic heterocycles. The molecule has 1 amide bonds. The number of benzene rings is 1. The predicted octanol–water partition coefficient (Wildman–Crippen LogP) is 3.25. The first-order chi connectivity index (χ1) is 7.70. The van der Waals surface area contributed by atoms with E-state index in [0.717, 1.165) is 5.56 Å². The van der Waals surface area contributed by atoms with Gasteiger partial charge in [-0.2, -0.15) is 0 Å². The lowest BCUT2D eigenvalue weighted by Crippen LogP contribution is -2.34. The molecule has 0 aromatic heterocycles. The van der Waals surface area contributed by atoms with Crippen molar-refractivity contribution in [2.75, 3.05) is 13.6 Å². The second-order valence-corrected chi connectivity index (χ2v) is 5.71. The molecule has 1 aromatic carbocycles. The molecule has 0 bridgehead atoms. The van der Waals surface area contributed by atoms with Crippen LogP contribution in [0.4, 0.5) is 4.39 Å². The molecular weight excluding hydrogens is 217 g/mol. The van der Waals surface area contributed by atoms with E-state index >= 15 is 0 Å². The Morgan fingerprint density at radius 3 is 2.41 bits per heavy atom. The van der Waals surface area contributed by atoms with E-state index < -0.39 is 5.82 Å². The Hall–Kier alpha value is -1.38. The molecule has 2 nitrogen and oxygen atoms in total. The van der Waals surface area contributed by atoms with Gasteiger partial charge in [0.05, 0.1) is 5.56 Å². The lowest BCUT2D eigenvalue weighted by Gasteiger charge is -2.26. The third-order valence-corrected chi connectivity index (χ3v) is 2.41. The Morgan fingerprint density at radius 1 is 1.35 bits per heavy atom. The van der Waals surface area contributed by atoms with Gasteiger partial charge in [-0.3, -0.25) is 4.79 Å². The minimum absolute atomic E-state index is 0.00554. The van der Waals surface area contributed by atoms with Crippen LogP contribution in [0.1, 0.15) is 36.7 Å². The van der Waals surface area contributed by atoms with Crippen molar-refractivity contribution in [2.45, 2.75) is 27.7 Å². The zero-order chi connectivity index (χ0) is 13.2. The average Bonchev–Trinajstić information content (AvgIpc) is 2.14. The summed E-state index contributed by atoms with van der Waals surface area (Å²) in [5, 5.41) is 0. The first-order valence-corrected chi connectivity index (χ1v) is 5.72. The maximum Gasteiger partial charge on any atom is 0.256 e. The van der Waals surface area contributed by atoms with Crippen LogP contribution in [-0.4, -0.2) is 24.4 Å². The van der Waals surface area contributed by atoms with E-state index in [4.69, 9.17) is 0 Å². The minimum Gasteiger partial charge on any atom is -0.341 e. The Morgan fingerprint density at radius 2 is 1.94 bits per heavy atom. The minimum atomic E-state index is -0.448. The summed E-state index contributed by atoms with van der Waals surface area (Å²) in [6.45, 7) is 8.53. The second-order valence-electron chi connectivity index (χ2n) is 5.71. The second kappa shape index (κ2) is 4.86. The molecule has 0 aliphatic rings. The summed E-state index contributed by atoms with van der Waals surface area (Å²) in [6, 6.07) is 4.69. The number of nitrogens with zero attached hydrogens (tertiary/aromatic N) is 1. The maximum atomic E-state index is 13.6. The zero-order valence-electron chi connectivity index (χ0n) is 11.2. The zero-order valence-corrected chi connectivity index (χ0v) is 11.2. The molecule has 0 atom stereocenters. The molecule has 3 heteroatoms. The SMILES string of the molecule is Cc1ccc(C(=O)N(C)CC(C)(C)C)c(F)c1. The van der Waals surface area contributed by atoms with Gasteiger partial charge in [-0.25, -0.2) is 4.39 Å². The summed E-state index contributed by atoms with van der Waals surface area (Å²) in [6.07, 6.45) is 0. The molecule has 0 aliphatic carbocycles. The van der Waals surface area contributed by atoms with Crippen molar-refractivity contribution in [3.8, 4) is 0 Å². The van der Waals surface area contributed by atoms with Crippen LogP contribution in [-0.2, 0) is 0 Å². The highest BCUT2D eigenvalue weighted by atomic mass is 19.1. The number of carbonyl (C=O) groups is 1. The van der Waals surface area contributed by atoms with Crippen LogP contribution < -0.4 is 0 Å². The highest BCUT2D eigenvalue weighted by Crippen LogP contribution is 2.17. The summed E-state index contributed by atoms with van der Waals surface area (Å²) in [4.78, 5) is 13.6. The molecule has 1 rings (SSSR count). The van der Waals surface area contributed by atoms with E-state index in [0.29, 0.717) is 6.54 Å². The van der Waals surface area contributed by atoms with E-state index in [1.807, 2.05) is 20.8 Å². The molecule has 0 heterocycles. The number of rotatable bonds is 2. The quantitative estimate of drug-likeness (QED) is 0.773. The van der Waals surface area contributed by atoms with Crippen molar-refractivity contribution in [2.24, 2.45) is 5.41 Å². The predicted molar refractivity (Wildman–Crippen MR) is 67.6 cm³/mol. The van der Waals surface area contributed by atoms with Crippen molar-refractivity contribution in [3.05, 3.63) is 35.1 Å². The summed E-state index contributed by atoms with van der Waals surface area (Å²) in [5.41, 5.74) is 0.964. The molecular formula is C14H20FNO. The number of aryl methyl sites for hydroxylation is 1. The lowest BCUT2D eigenvalue weighted by molar-refractivity contribution is 0.0741. The van der Waals surface area contributed by atoms with Crippen LogP contribution in [0.2, 0.25) is 0 Å². The largest absolute Gasteiger partial charge is 0.341 e. The van der Waals surface area contributed by atoms with Gasteiger partial charge in [0.25, 0.3) is 5.91 Å². The van der Waals surface area contributed by atoms with Gasteiger partial charge in [0.2, 0.25) is 0 Å². The van der Waals surface area contributed by atoms with Gasteiger partial charge in [-0.05, 0) is 30.0 Å². The molecule has 0 unspecified atom stereocenters. The van der Waals surface area contributed by atoms with Crippen molar-refractivity contribution in [1.82, 2.24) is 4.90 Å². The first kappa shape index (κ1) is 13.7. The molecule has 94 valence electrons. The molecule has 1 aromatic rings. The topological polar surface area (TPSA) is 20.3 Å². The molecule has 0 N–H and O–H groups in total. The number of hydrogen-bond acceptors (Lipinski definition) is 1. The van der Waals surface area contributed by atoms with Gasteiger partial charge in [-0.1, -0.05) is 26.8 Å². The fourth-order valence-corrected chi connectivity index (χ4v) is 1.78. The summed E-state index contributed by atoms with van der Waals surface area (Å²) >= 11 is 0. The average molecular weight is 237 g/mol. The fraction of sp³-hybridized carbons (Fsp3) is 0.500. The standard InChI is InChI=1S/C14H20FNO/c1-10-6-7-11(12(15)8-10)13(17)16(5)9-14(2,3)4/h6-8H,9H2,1-5H3. The van der Waals surface area contributed by atoms with Crippen LogP contribution in [0.5, 0.6) is 0 Å². The van der Waals surface area contributed by atoms with Gasteiger partial charge in [0.15, 0.2) is 0 Å². The van der Waals surface area contributed by atoms with E-state index in [9.17, 15) is 9.18 Å². The lowest BCUT2D eigenvalue weighted by atomic mass is 9.96. The van der Waals surface area contributed by atoms with Crippen LogP contribution in [0.15, 0.2) is 18.2 Å². The molecule has 0 spiro atoms. The van der Waals surface area contributed by atoms with Crippen molar-refractivity contribution in [3.63, 3.8) is 0 Å². The van der Waals surface area contributed by atoms with Gasteiger partial charge in [-0.15, -0.1) is 0 Å². The van der Waals surface area contributed by atoms with Gasteiger partial charge in [0, 0.05) is 13.6 Å². The monoisotopic (exact) mass is 237 g/mol. The molecule has 17 heavy (non-hydrogen) atoms. The summed E-state index contributed by atoms with van der Waals surface area (Å²) in [5.74, 6) is -0.715. The Kier molecular flexibility index (Phi) is 3.91. The van der Waals surface area contributed by atoms with E-state index in [2.05, 4.69) is 0 Å². The molecule has 0 fully saturated rings. The summed E-state index contributed by atoms with van der Waals surface area (Å²) in [7, 11) is 1.70. The van der Waals surface area contributed by atoms with E-state index in [-0.39, 0.29) is 16.9 Å². The van der Waals surface area contributed by atoms with Crippen LogP contribution in [0.3, 0.4) is 0 Å². The van der Waals surface area contributed by atoms with Crippen molar-refractivity contribution < 1.29 is 9.18 Å². The fourth-order valence-electron chi connectivity index (χ4n) is 1.78. The maximum absolute atomic E-state index is 13.6. The Labute approximate surface area is 102 Å². The van der Waals surface area contributed by atoms with E-state index in [1.54, 1.807) is 31.0 Å². The molecule has 0 saturated carbocycles. The van der Waals surface area contributed by atoms with Crippen LogP contribution in [0.25, 0.3) is 0 Å². The van der Waals surface area contributed by atoms with Gasteiger partial charge < -0.3 is 4.90 Å². The smallest absolute Gasteiger partial charge is 0.256 e. The van der Waals surface area contributed by atoms with E-state index in [1.165, 1.54) is 6.07 Å². The number of amides is 1. The third kappa shape index (κ3) is 3.84. The number of hydrogen-bond donors (Lipinski definition) is 0.